The van der Waals surface area contributed by atoms with Gasteiger partial charge in [-0.1, -0.05) is 25.3 Å². The van der Waals surface area contributed by atoms with Gasteiger partial charge in [0.15, 0.2) is 0 Å². The third-order valence-electron chi connectivity index (χ3n) is 4.93. The van der Waals surface area contributed by atoms with Gasteiger partial charge in [0, 0.05) is 24.7 Å². The minimum absolute atomic E-state index is 0.256. The summed E-state index contributed by atoms with van der Waals surface area (Å²) in [6, 6.07) is 0. The molecule has 0 amide bonds. The molecule has 2 saturated carbocycles. The van der Waals surface area contributed by atoms with Crippen LogP contribution in [0.5, 0.6) is 0 Å². The molecule has 2 aliphatic carbocycles. The van der Waals surface area contributed by atoms with E-state index < -0.39 is 0 Å². The molecule has 1 atom stereocenters. The Bertz CT molecular complexity index is 339. The molecule has 0 heterocycles. The summed E-state index contributed by atoms with van der Waals surface area (Å²) in [5.41, 5.74) is -0.256. The summed E-state index contributed by atoms with van der Waals surface area (Å²) in [6.45, 7) is 3.84. The zero-order valence-corrected chi connectivity index (χ0v) is 11.2. The molecule has 100 valence electrons. The van der Waals surface area contributed by atoms with E-state index in [0.717, 1.165) is 25.7 Å². The van der Waals surface area contributed by atoms with E-state index in [1.807, 2.05) is 6.08 Å². The summed E-state index contributed by atoms with van der Waals surface area (Å²) in [5.74, 6) is 1.09. The number of allylic oxidation sites excluding steroid dienone is 1. The van der Waals surface area contributed by atoms with E-state index in [2.05, 4.69) is 6.58 Å². The molecule has 0 aromatic rings. The van der Waals surface area contributed by atoms with Gasteiger partial charge in [0.1, 0.15) is 11.6 Å². The van der Waals surface area contributed by atoms with Crippen molar-refractivity contribution in [3.63, 3.8) is 0 Å². The van der Waals surface area contributed by atoms with E-state index in [-0.39, 0.29) is 11.2 Å². The van der Waals surface area contributed by atoms with E-state index in [1.54, 1.807) is 0 Å². The molecular weight excluding hydrogens is 224 g/mol. The van der Waals surface area contributed by atoms with Crippen LogP contribution in [0, 0.1) is 11.3 Å². The van der Waals surface area contributed by atoms with Gasteiger partial charge in [0.2, 0.25) is 0 Å². The Morgan fingerprint density at radius 3 is 2.50 bits per heavy atom. The quantitative estimate of drug-likeness (QED) is 0.561. The summed E-state index contributed by atoms with van der Waals surface area (Å²) in [5, 5.41) is 0. The lowest BCUT2D eigenvalue weighted by Gasteiger charge is -2.40. The van der Waals surface area contributed by atoms with Crippen molar-refractivity contribution in [2.24, 2.45) is 11.3 Å². The van der Waals surface area contributed by atoms with Crippen LogP contribution in [-0.2, 0) is 9.59 Å². The first-order chi connectivity index (χ1) is 8.69. The Labute approximate surface area is 110 Å². The second kappa shape index (κ2) is 5.81. The lowest BCUT2D eigenvalue weighted by Crippen LogP contribution is -2.38. The van der Waals surface area contributed by atoms with Crippen LogP contribution in [0.15, 0.2) is 12.7 Å². The molecule has 0 spiro atoms. The highest BCUT2D eigenvalue weighted by molar-refractivity contribution is 5.92. The minimum atomic E-state index is -0.256. The van der Waals surface area contributed by atoms with Crippen molar-refractivity contribution in [3.8, 4) is 0 Å². The maximum atomic E-state index is 12.6. The number of rotatable bonds is 3. The van der Waals surface area contributed by atoms with Gasteiger partial charge in [0.25, 0.3) is 0 Å². The van der Waals surface area contributed by atoms with Gasteiger partial charge in [0.05, 0.1) is 0 Å². The zero-order valence-electron chi connectivity index (χ0n) is 11.2. The van der Waals surface area contributed by atoms with E-state index in [1.165, 1.54) is 19.3 Å². The molecule has 0 bridgehead atoms. The fourth-order valence-electron chi connectivity index (χ4n) is 3.86. The Morgan fingerprint density at radius 2 is 1.83 bits per heavy atom. The maximum Gasteiger partial charge on any atom is 0.140 e. The molecular formula is C16H24O2. The molecule has 2 heteroatoms. The van der Waals surface area contributed by atoms with Crippen LogP contribution in [0.25, 0.3) is 0 Å². The molecule has 0 unspecified atom stereocenters. The second-order valence-corrected chi connectivity index (χ2v) is 5.95. The molecule has 0 aromatic carbocycles. The number of hydrogen-bond donors (Lipinski definition) is 0. The van der Waals surface area contributed by atoms with Gasteiger partial charge in [-0.15, -0.1) is 6.58 Å². The van der Waals surface area contributed by atoms with Gasteiger partial charge in [-0.2, -0.15) is 0 Å². The highest BCUT2D eigenvalue weighted by atomic mass is 16.1. The Hall–Kier alpha value is -0.920. The molecule has 0 saturated heterocycles. The molecule has 0 N–H and O–H groups in total. The molecule has 2 rings (SSSR count). The van der Waals surface area contributed by atoms with Crippen LogP contribution in [0.3, 0.4) is 0 Å². The van der Waals surface area contributed by atoms with Crippen molar-refractivity contribution in [2.75, 3.05) is 0 Å². The summed E-state index contributed by atoms with van der Waals surface area (Å²) in [7, 11) is 0. The Kier molecular flexibility index (Phi) is 4.36. The topological polar surface area (TPSA) is 34.1 Å². The van der Waals surface area contributed by atoms with E-state index in [4.69, 9.17) is 0 Å². The fourth-order valence-corrected chi connectivity index (χ4v) is 3.86. The van der Waals surface area contributed by atoms with Crippen LogP contribution in [-0.4, -0.2) is 11.6 Å². The number of Topliss-reactive ketones (excluding diaryl/α,β-unsaturated/α-hetero) is 2. The first-order valence-electron chi connectivity index (χ1n) is 7.35. The number of ketones is 2. The maximum absolute atomic E-state index is 12.6. The molecule has 2 nitrogen and oxygen atoms in total. The van der Waals surface area contributed by atoms with Gasteiger partial charge in [-0.3, -0.25) is 9.59 Å². The van der Waals surface area contributed by atoms with Crippen molar-refractivity contribution in [1.29, 1.82) is 0 Å². The van der Waals surface area contributed by atoms with E-state index >= 15 is 0 Å². The van der Waals surface area contributed by atoms with Crippen molar-refractivity contribution >= 4 is 11.6 Å². The normalized spacial score (nSPS) is 31.1. The Balaban J connectivity index is 2.24. The van der Waals surface area contributed by atoms with Crippen molar-refractivity contribution in [3.05, 3.63) is 12.7 Å². The van der Waals surface area contributed by atoms with Crippen molar-refractivity contribution in [2.45, 2.75) is 64.2 Å². The van der Waals surface area contributed by atoms with E-state index in [0.29, 0.717) is 31.0 Å². The summed E-state index contributed by atoms with van der Waals surface area (Å²) < 4.78 is 0. The Morgan fingerprint density at radius 1 is 1.11 bits per heavy atom. The molecule has 0 aromatic heterocycles. The molecule has 18 heavy (non-hydrogen) atoms. The lowest BCUT2D eigenvalue weighted by molar-refractivity contribution is -0.133. The van der Waals surface area contributed by atoms with E-state index in [9.17, 15) is 9.59 Å². The van der Waals surface area contributed by atoms with Gasteiger partial charge < -0.3 is 0 Å². The highest BCUT2D eigenvalue weighted by Crippen LogP contribution is 2.47. The SMILES string of the molecule is C=CC[C@]1(C2CCCCC2)CCC(=O)CCC1=O. The summed E-state index contributed by atoms with van der Waals surface area (Å²) in [6.07, 6.45) is 11.0. The largest absolute Gasteiger partial charge is 0.300 e. The lowest BCUT2D eigenvalue weighted by atomic mass is 9.62. The standard InChI is InChI=1S/C16H24O2/c1-2-11-16(13-6-4-3-5-7-13)12-10-14(17)8-9-15(16)18/h2,13H,1,3-12H2/t16-/m1/s1. The van der Waals surface area contributed by atoms with Crippen LogP contribution in [0.4, 0.5) is 0 Å². The van der Waals surface area contributed by atoms with Gasteiger partial charge >= 0.3 is 0 Å². The third kappa shape index (κ3) is 2.57. The highest BCUT2D eigenvalue weighted by Gasteiger charge is 2.45. The molecule has 2 fully saturated rings. The molecule has 2 aliphatic rings. The minimum Gasteiger partial charge on any atom is -0.300 e. The fraction of sp³-hybridized carbons (Fsp3) is 0.750. The average molecular weight is 248 g/mol. The second-order valence-electron chi connectivity index (χ2n) is 5.95. The van der Waals surface area contributed by atoms with Crippen LogP contribution >= 0.6 is 0 Å². The van der Waals surface area contributed by atoms with Gasteiger partial charge in [-0.05, 0) is 31.6 Å². The van der Waals surface area contributed by atoms with Crippen molar-refractivity contribution < 1.29 is 9.59 Å². The summed E-state index contributed by atoms with van der Waals surface area (Å²) >= 11 is 0. The summed E-state index contributed by atoms with van der Waals surface area (Å²) in [4.78, 5) is 24.2. The monoisotopic (exact) mass is 248 g/mol. The first kappa shape index (κ1) is 13.5. The van der Waals surface area contributed by atoms with Gasteiger partial charge in [-0.25, -0.2) is 0 Å². The van der Waals surface area contributed by atoms with Crippen LogP contribution in [0.2, 0.25) is 0 Å². The number of hydrogen-bond acceptors (Lipinski definition) is 2. The molecule has 0 radical (unpaired) electrons. The van der Waals surface area contributed by atoms with Crippen LogP contribution < -0.4 is 0 Å². The third-order valence-corrected chi connectivity index (χ3v) is 4.93. The number of carbonyl (C=O) groups is 2. The van der Waals surface area contributed by atoms with Crippen LogP contribution in [0.1, 0.15) is 64.2 Å². The predicted octanol–water partition coefficient (Wildman–Crippen LogP) is 3.84. The number of carbonyl (C=O) groups excluding carboxylic acids is 2. The smallest absolute Gasteiger partial charge is 0.140 e. The predicted molar refractivity (Wildman–Crippen MR) is 72.3 cm³/mol. The molecule has 0 aliphatic heterocycles. The zero-order chi connectivity index (χ0) is 13.0. The average Bonchev–Trinajstić information content (AvgIpc) is 2.54. The van der Waals surface area contributed by atoms with Crippen molar-refractivity contribution in [1.82, 2.24) is 0 Å². The first-order valence-corrected chi connectivity index (χ1v) is 7.35.